The molecule has 0 bridgehead atoms. The van der Waals surface area contributed by atoms with Gasteiger partial charge in [-0.1, -0.05) is 13.8 Å². The first-order valence-electron chi connectivity index (χ1n) is 5.96. The Kier molecular flexibility index (Phi) is 3.58. The van der Waals surface area contributed by atoms with E-state index >= 15 is 0 Å². The van der Waals surface area contributed by atoms with Crippen LogP contribution in [-0.4, -0.2) is 27.3 Å². The van der Waals surface area contributed by atoms with Crippen LogP contribution in [0.25, 0.3) is 5.52 Å². The molecule has 5 heteroatoms. The van der Waals surface area contributed by atoms with Crippen molar-refractivity contribution in [3.8, 4) is 0 Å². The molecule has 0 spiro atoms. The molecular formula is C12H18N4O. The summed E-state index contributed by atoms with van der Waals surface area (Å²) in [5.41, 5.74) is 0.650. The molecular weight excluding hydrogens is 216 g/mol. The molecule has 0 saturated carbocycles. The van der Waals surface area contributed by atoms with Gasteiger partial charge in [0.05, 0.1) is 6.20 Å². The predicted molar refractivity (Wildman–Crippen MR) is 67.2 cm³/mol. The lowest BCUT2D eigenvalue weighted by molar-refractivity contribution is 0.443. The number of nitrogens with one attached hydrogen (secondary N) is 1. The maximum absolute atomic E-state index is 12.1. The molecule has 0 aliphatic carbocycles. The highest BCUT2D eigenvalue weighted by atomic mass is 16.1. The van der Waals surface area contributed by atoms with E-state index in [1.807, 2.05) is 6.20 Å². The topological polar surface area (TPSA) is 51.3 Å². The van der Waals surface area contributed by atoms with Gasteiger partial charge < -0.3 is 9.88 Å². The van der Waals surface area contributed by atoms with Crippen LogP contribution < -0.4 is 10.9 Å². The van der Waals surface area contributed by atoms with E-state index in [4.69, 9.17) is 0 Å². The van der Waals surface area contributed by atoms with Crippen molar-refractivity contribution in [1.82, 2.24) is 19.5 Å². The van der Waals surface area contributed by atoms with E-state index in [0.717, 1.165) is 19.6 Å². The lowest BCUT2D eigenvalue weighted by Crippen LogP contribution is -2.29. The first kappa shape index (κ1) is 11.9. The lowest BCUT2D eigenvalue weighted by atomic mass is 10.2. The summed E-state index contributed by atoms with van der Waals surface area (Å²) in [6.45, 7) is 6.83. The summed E-state index contributed by atoms with van der Waals surface area (Å²) in [4.78, 5) is 12.1. The van der Waals surface area contributed by atoms with Gasteiger partial charge in [-0.2, -0.15) is 5.10 Å². The Morgan fingerprint density at radius 1 is 1.47 bits per heavy atom. The third-order valence-electron chi connectivity index (χ3n) is 2.79. The zero-order valence-corrected chi connectivity index (χ0v) is 10.3. The third-order valence-corrected chi connectivity index (χ3v) is 2.79. The average Bonchev–Trinajstić information content (AvgIpc) is 2.79. The minimum absolute atomic E-state index is 0.0216. The number of rotatable bonds is 5. The van der Waals surface area contributed by atoms with Crippen molar-refractivity contribution in [2.24, 2.45) is 5.92 Å². The Morgan fingerprint density at radius 3 is 3.06 bits per heavy atom. The molecule has 0 fully saturated rings. The van der Waals surface area contributed by atoms with Gasteiger partial charge in [-0.25, -0.2) is 4.52 Å². The first-order valence-corrected chi connectivity index (χ1v) is 5.96. The standard InChI is InChI=1S/C12H18N4O/c1-3-13-8-10(2)9-15-6-7-16-11(12(15)17)4-5-14-16/h4-7,10,13H,3,8-9H2,1-2H3. The summed E-state index contributed by atoms with van der Waals surface area (Å²) in [6, 6.07) is 1.74. The summed E-state index contributed by atoms with van der Waals surface area (Å²) in [5, 5.41) is 7.33. The molecule has 2 heterocycles. The average molecular weight is 234 g/mol. The molecule has 0 aliphatic heterocycles. The van der Waals surface area contributed by atoms with E-state index in [-0.39, 0.29) is 5.56 Å². The summed E-state index contributed by atoms with van der Waals surface area (Å²) in [5.74, 6) is 0.429. The summed E-state index contributed by atoms with van der Waals surface area (Å²) < 4.78 is 3.35. The van der Waals surface area contributed by atoms with E-state index < -0.39 is 0 Å². The van der Waals surface area contributed by atoms with Crippen LogP contribution in [-0.2, 0) is 6.54 Å². The van der Waals surface area contributed by atoms with E-state index in [0.29, 0.717) is 11.4 Å². The summed E-state index contributed by atoms with van der Waals surface area (Å²) in [7, 11) is 0. The SMILES string of the molecule is CCNCC(C)Cn1ccn2nccc2c1=O. The summed E-state index contributed by atoms with van der Waals surface area (Å²) in [6.07, 6.45) is 5.25. The van der Waals surface area contributed by atoms with Gasteiger partial charge in [0.15, 0.2) is 0 Å². The normalized spacial score (nSPS) is 13.1. The minimum atomic E-state index is 0.0216. The van der Waals surface area contributed by atoms with Crippen LogP contribution in [0, 0.1) is 5.92 Å². The predicted octanol–water partition coefficient (Wildman–Crippen LogP) is 0.742. The fourth-order valence-corrected chi connectivity index (χ4v) is 1.90. The zero-order valence-electron chi connectivity index (χ0n) is 10.3. The Labute approximate surface area is 100 Å². The molecule has 0 saturated heterocycles. The molecule has 1 N–H and O–H groups in total. The number of nitrogens with zero attached hydrogens (tertiary/aromatic N) is 3. The van der Waals surface area contributed by atoms with Crippen LogP contribution >= 0.6 is 0 Å². The summed E-state index contributed by atoms with van der Waals surface area (Å²) >= 11 is 0. The van der Waals surface area contributed by atoms with Gasteiger partial charge in [-0.15, -0.1) is 0 Å². The maximum atomic E-state index is 12.1. The Bertz CT molecular complexity index is 543. The van der Waals surface area contributed by atoms with Crippen LogP contribution in [0.5, 0.6) is 0 Å². The van der Waals surface area contributed by atoms with Crippen molar-refractivity contribution in [2.45, 2.75) is 20.4 Å². The Balaban J connectivity index is 2.18. The van der Waals surface area contributed by atoms with Crippen molar-refractivity contribution in [1.29, 1.82) is 0 Å². The second-order valence-electron chi connectivity index (χ2n) is 4.33. The zero-order chi connectivity index (χ0) is 12.3. The van der Waals surface area contributed by atoms with Crippen LogP contribution in [0.2, 0.25) is 0 Å². The molecule has 2 aromatic rings. The molecule has 2 rings (SSSR count). The highest BCUT2D eigenvalue weighted by Crippen LogP contribution is 1.99. The van der Waals surface area contributed by atoms with E-state index in [2.05, 4.69) is 24.3 Å². The Morgan fingerprint density at radius 2 is 2.29 bits per heavy atom. The van der Waals surface area contributed by atoms with E-state index in [1.165, 1.54) is 0 Å². The molecule has 92 valence electrons. The molecule has 0 aliphatic rings. The quantitative estimate of drug-likeness (QED) is 0.830. The van der Waals surface area contributed by atoms with Crippen LogP contribution in [0.15, 0.2) is 29.5 Å². The second kappa shape index (κ2) is 5.14. The molecule has 0 aromatic carbocycles. The van der Waals surface area contributed by atoms with Gasteiger partial charge in [0.2, 0.25) is 0 Å². The first-order chi connectivity index (χ1) is 8.22. The largest absolute Gasteiger partial charge is 0.317 e. The van der Waals surface area contributed by atoms with Crippen molar-refractivity contribution in [2.75, 3.05) is 13.1 Å². The number of aromatic nitrogens is 3. The van der Waals surface area contributed by atoms with E-state index in [1.54, 1.807) is 27.5 Å². The molecule has 2 aromatic heterocycles. The molecule has 1 unspecified atom stereocenters. The molecule has 1 atom stereocenters. The Hall–Kier alpha value is -1.62. The van der Waals surface area contributed by atoms with E-state index in [9.17, 15) is 4.79 Å². The molecule has 0 amide bonds. The molecule has 5 nitrogen and oxygen atoms in total. The second-order valence-corrected chi connectivity index (χ2v) is 4.33. The van der Waals surface area contributed by atoms with Gasteiger partial charge in [-0.05, 0) is 25.1 Å². The number of hydrogen-bond acceptors (Lipinski definition) is 3. The van der Waals surface area contributed by atoms with Gasteiger partial charge in [0.1, 0.15) is 5.52 Å². The van der Waals surface area contributed by atoms with Crippen LogP contribution in [0.3, 0.4) is 0 Å². The van der Waals surface area contributed by atoms with Crippen molar-refractivity contribution < 1.29 is 0 Å². The maximum Gasteiger partial charge on any atom is 0.276 e. The van der Waals surface area contributed by atoms with Crippen molar-refractivity contribution in [3.05, 3.63) is 35.0 Å². The molecule has 0 radical (unpaired) electrons. The van der Waals surface area contributed by atoms with Gasteiger partial charge in [0.25, 0.3) is 5.56 Å². The van der Waals surface area contributed by atoms with Gasteiger partial charge in [-0.3, -0.25) is 4.79 Å². The fourth-order valence-electron chi connectivity index (χ4n) is 1.90. The molecule has 17 heavy (non-hydrogen) atoms. The van der Waals surface area contributed by atoms with Crippen molar-refractivity contribution in [3.63, 3.8) is 0 Å². The number of hydrogen-bond donors (Lipinski definition) is 1. The fraction of sp³-hybridized carbons (Fsp3) is 0.500. The third kappa shape index (κ3) is 2.55. The smallest absolute Gasteiger partial charge is 0.276 e. The highest BCUT2D eigenvalue weighted by Gasteiger charge is 2.06. The van der Waals surface area contributed by atoms with Crippen LogP contribution in [0.4, 0.5) is 0 Å². The lowest BCUT2D eigenvalue weighted by Gasteiger charge is -2.13. The van der Waals surface area contributed by atoms with Gasteiger partial charge >= 0.3 is 0 Å². The van der Waals surface area contributed by atoms with Gasteiger partial charge in [0, 0.05) is 18.9 Å². The minimum Gasteiger partial charge on any atom is -0.317 e. The van der Waals surface area contributed by atoms with Crippen LogP contribution in [0.1, 0.15) is 13.8 Å². The highest BCUT2D eigenvalue weighted by molar-refractivity contribution is 5.42. The van der Waals surface area contributed by atoms with Crippen molar-refractivity contribution >= 4 is 5.52 Å². The monoisotopic (exact) mass is 234 g/mol. The number of fused-ring (bicyclic) bond motifs is 1.